The molecule has 204 valence electrons. The molecule has 38 heavy (non-hydrogen) atoms. The van der Waals surface area contributed by atoms with Crippen molar-refractivity contribution in [2.45, 2.75) is 45.3 Å². The Balaban J connectivity index is 1.31. The van der Waals surface area contributed by atoms with Gasteiger partial charge in [0, 0.05) is 45.1 Å². The lowest BCUT2D eigenvalue weighted by atomic mass is 9.88. The van der Waals surface area contributed by atoms with Gasteiger partial charge in [-0.2, -0.15) is 0 Å². The topological polar surface area (TPSA) is 138 Å². The maximum absolute atomic E-state index is 13.6. The maximum atomic E-state index is 13.6. The number of aliphatic hydroxyl groups excluding tert-OH is 1. The number of nitrogens with one attached hydrogen (secondary N) is 2. The van der Waals surface area contributed by atoms with Crippen molar-refractivity contribution in [3.05, 3.63) is 52.9 Å². The molecule has 0 saturated carbocycles. The molecule has 3 heterocycles. The number of nitrogens with zero attached hydrogens (tertiary/aromatic N) is 4. The smallest absolute Gasteiger partial charge is 0.317 e. The number of piperidine rings is 1. The second-order valence-corrected chi connectivity index (χ2v) is 9.36. The van der Waals surface area contributed by atoms with E-state index in [9.17, 15) is 14.0 Å². The number of carbonyl (C=O) groups is 2. The number of rotatable bonds is 9. The first-order valence-electron chi connectivity index (χ1n) is 12.7. The van der Waals surface area contributed by atoms with Crippen LogP contribution >= 0.6 is 0 Å². The Morgan fingerprint density at radius 2 is 2.00 bits per heavy atom. The van der Waals surface area contributed by atoms with Gasteiger partial charge in [-0.1, -0.05) is 11.2 Å². The summed E-state index contributed by atoms with van der Waals surface area (Å²) in [7, 11) is 1.38. The highest BCUT2D eigenvalue weighted by atomic mass is 19.1. The van der Waals surface area contributed by atoms with E-state index in [2.05, 4.69) is 25.8 Å². The molecule has 0 spiro atoms. The summed E-state index contributed by atoms with van der Waals surface area (Å²) in [6.45, 7) is 3.65. The Morgan fingerprint density at radius 3 is 2.74 bits per heavy atom. The molecule has 11 nitrogen and oxygen atoms in total. The van der Waals surface area contributed by atoms with Crippen LogP contribution in [0, 0.1) is 18.7 Å². The number of likely N-dealkylation sites (tertiary alicyclic amines) is 1. The molecule has 2 aliphatic heterocycles. The van der Waals surface area contributed by atoms with Gasteiger partial charge in [0.2, 0.25) is 0 Å². The van der Waals surface area contributed by atoms with Crippen LogP contribution in [-0.4, -0.2) is 77.1 Å². The minimum Gasteiger partial charge on any atom is -0.494 e. The molecule has 1 atom stereocenters. The van der Waals surface area contributed by atoms with Crippen LogP contribution in [0.1, 0.15) is 53.3 Å². The van der Waals surface area contributed by atoms with Crippen molar-refractivity contribution >= 4 is 17.6 Å². The zero-order valence-electron chi connectivity index (χ0n) is 21.6. The number of methoxy groups -OCH3 is 1. The normalized spacial score (nSPS) is 17.5. The molecule has 1 saturated heterocycles. The molecule has 3 N–H and O–H groups in total. The first kappa shape index (κ1) is 27.2. The molecule has 1 unspecified atom stereocenters. The molecule has 1 aromatic carbocycles. The molecule has 0 radical (unpaired) electrons. The molecule has 2 aromatic rings. The lowest BCUT2D eigenvalue weighted by Crippen LogP contribution is -2.46. The average Bonchev–Trinajstić information content (AvgIpc) is 3.43. The predicted molar refractivity (Wildman–Crippen MR) is 136 cm³/mol. The third-order valence-corrected chi connectivity index (χ3v) is 6.69. The van der Waals surface area contributed by atoms with E-state index in [1.54, 1.807) is 24.0 Å². The summed E-state index contributed by atoms with van der Waals surface area (Å²) in [6, 6.07) is 5.89. The highest BCUT2D eigenvalue weighted by molar-refractivity contribution is 6.02. The van der Waals surface area contributed by atoms with Crippen LogP contribution in [-0.2, 0) is 11.4 Å². The van der Waals surface area contributed by atoms with E-state index in [4.69, 9.17) is 14.7 Å². The number of benzene rings is 1. The fourth-order valence-corrected chi connectivity index (χ4v) is 4.58. The highest BCUT2D eigenvalue weighted by Gasteiger charge is 2.34. The van der Waals surface area contributed by atoms with Crippen molar-refractivity contribution in [3.63, 3.8) is 0 Å². The van der Waals surface area contributed by atoms with E-state index in [-0.39, 0.29) is 48.6 Å². The van der Waals surface area contributed by atoms with E-state index >= 15 is 0 Å². The number of urea groups is 1. The Hall–Kier alpha value is -3.80. The number of carbonyl (C=O) groups excluding carboxylic acids is 2. The summed E-state index contributed by atoms with van der Waals surface area (Å²) < 4.78 is 18.6. The SMILES string of the molecule is COc1cc(CNC(=O)c2cc(C3=NOC(C4CCN(C(=O)NCCCO)CC4)C3)nc(C)n2)ccc1F. The van der Waals surface area contributed by atoms with E-state index in [1.807, 2.05) is 0 Å². The summed E-state index contributed by atoms with van der Waals surface area (Å²) >= 11 is 0. The molecule has 1 aromatic heterocycles. The second kappa shape index (κ2) is 12.6. The Kier molecular flexibility index (Phi) is 9.06. The minimum absolute atomic E-state index is 0.0490. The van der Waals surface area contributed by atoms with Gasteiger partial charge in [0.15, 0.2) is 11.6 Å². The number of oxime groups is 1. The number of ether oxygens (including phenoxy) is 1. The standard InChI is InChI=1S/C26H33FN6O5/c1-16-30-20(13-22(31-16)25(35)29-15-17-4-5-19(27)24(12-17)37-2)21-14-23(38-32-21)18-6-9-33(10-7-18)26(36)28-8-3-11-34/h4-5,12-13,18,23,34H,3,6-11,14-15H2,1-2H3,(H,28,36)(H,29,35). The van der Waals surface area contributed by atoms with Gasteiger partial charge in [0.1, 0.15) is 23.3 Å². The summed E-state index contributed by atoms with van der Waals surface area (Å²) in [5.41, 5.74) is 2.08. The van der Waals surface area contributed by atoms with Crippen LogP contribution in [0.5, 0.6) is 5.75 Å². The zero-order valence-corrected chi connectivity index (χ0v) is 21.6. The molecule has 0 aliphatic carbocycles. The van der Waals surface area contributed by atoms with E-state index < -0.39 is 5.82 Å². The van der Waals surface area contributed by atoms with Gasteiger partial charge in [-0.3, -0.25) is 4.79 Å². The van der Waals surface area contributed by atoms with Gasteiger partial charge in [-0.25, -0.2) is 19.2 Å². The number of aromatic nitrogens is 2. The highest BCUT2D eigenvalue weighted by Crippen LogP contribution is 2.29. The van der Waals surface area contributed by atoms with Crippen molar-refractivity contribution in [3.8, 4) is 5.75 Å². The number of aryl methyl sites for hydroxylation is 1. The number of hydrogen-bond acceptors (Lipinski definition) is 8. The van der Waals surface area contributed by atoms with Gasteiger partial charge in [-0.05, 0) is 49.9 Å². The van der Waals surface area contributed by atoms with Crippen molar-refractivity contribution in [2.75, 3.05) is 33.4 Å². The quantitative estimate of drug-likeness (QED) is 0.424. The fraction of sp³-hybridized carbons (Fsp3) is 0.500. The van der Waals surface area contributed by atoms with Crippen LogP contribution in [0.25, 0.3) is 0 Å². The third kappa shape index (κ3) is 6.74. The van der Waals surface area contributed by atoms with Crippen LogP contribution in [0.4, 0.5) is 9.18 Å². The van der Waals surface area contributed by atoms with Gasteiger partial charge < -0.3 is 30.2 Å². The van der Waals surface area contributed by atoms with Gasteiger partial charge >= 0.3 is 6.03 Å². The Morgan fingerprint density at radius 1 is 1.21 bits per heavy atom. The monoisotopic (exact) mass is 528 g/mol. The van der Waals surface area contributed by atoms with Crippen LogP contribution < -0.4 is 15.4 Å². The summed E-state index contributed by atoms with van der Waals surface area (Å²) in [5.74, 6) is -0.0702. The first-order valence-corrected chi connectivity index (χ1v) is 12.7. The molecule has 0 bridgehead atoms. The van der Waals surface area contributed by atoms with Gasteiger partial charge in [0.05, 0.1) is 12.8 Å². The van der Waals surface area contributed by atoms with Crippen LogP contribution in [0.3, 0.4) is 0 Å². The molecule has 3 amide bonds. The maximum Gasteiger partial charge on any atom is 0.317 e. The number of aliphatic hydroxyl groups is 1. The average molecular weight is 529 g/mol. The van der Waals surface area contributed by atoms with Crippen molar-refractivity contribution in [1.29, 1.82) is 0 Å². The van der Waals surface area contributed by atoms with Crippen molar-refractivity contribution in [1.82, 2.24) is 25.5 Å². The summed E-state index contributed by atoms with van der Waals surface area (Å²) in [6.07, 6.45) is 2.57. The molecule has 4 rings (SSSR count). The van der Waals surface area contributed by atoms with Crippen molar-refractivity contribution in [2.24, 2.45) is 11.1 Å². The fourth-order valence-electron chi connectivity index (χ4n) is 4.58. The third-order valence-electron chi connectivity index (χ3n) is 6.69. The van der Waals surface area contributed by atoms with E-state index in [0.717, 1.165) is 12.8 Å². The zero-order chi connectivity index (χ0) is 27.1. The van der Waals surface area contributed by atoms with E-state index in [0.29, 0.717) is 55.3 Å². The minimum atomic E-state index is -0.471. The largest absolute Gasteiger partial charge is 0.494 e. The first-order chi connectivity index (χ1) is 18.4. The molecule has 2 aliphatic rings. The second-order valence-electron chi connectivity index (χ2n) is 9.36. The Labute approximate surface area is 220 Å². The predicted octanol–water partition coefficient (Wildman–Crippen LogP) is 2.16. The lowest BCUT2D eigenvalue weighted by Gasteiger charge is -2.33. The van der Waals surface area contributed by atoms with E-state index in [1.165, 1.54) is 19.2 Å². The van der Waals surface area contributed by atoms with Crippen LogP contribution in [0.15, 0.2) is 29.4 Å². The van der Waals surface area contributed by atoms with Crippen LogP contribution in [0.2, 0.25) is 0 Å². The molecular weight excluding hydrogens is 495 g/mol. The lowest BCUT2D eigenvalue weighted by molar-refractivity contribution is 0.0184. The summed E-state index contributed by atoms with van der Waals surface area (Å²) in [5, 5.41) is 18.7. The molecule has 1 fully saturated rings. The van der Waals surface area contributed by atoms with Gasteiger partial charge in [0.25, 0.3) is 5.91 Å². The number of halogens is 1. The summed E-state index contributed by atoms with van der Waals surface area (Å²) in [4.78, 5) is 41.3. The van der Waals surface area contributed by atoms with Crippen molar-refractivity contribution < 1.29 is 28.7 Å². The molecular formula is C26H33FN6O5. The number of hydrogen-bond donors (Lipinski definition) is 3. The number of amides is 3. The van der Waals surface area contributed by atoms with Gasteiger partial charge in [-0.15, -0.1) is 0 Å². The Bertz CT molecular complexity index is 1180. The molecule has 12 heteroatoms.